The summed E-state index contributed by atoms with van der Waals surface area (Å²) >= 11 is 0. The van der Waals surface area contributed by atoms with Gasteiger partial charge in [-0.3, -0.25) is 9.78 Å². The Morgan fingerprint density at radius 2 is 2.08 bits per heavy atom. The van der Waals surface area contributed by atoms with Crippen LogP contribution in [0.3, 0.4) is 0 Å². The molecule has 1 atom stereocenters. The molecule has 1 saturated heterocycles. The summed E-state index contributed by atoms with van der Waals surface area (Å²) in [5.74, 6) is -0.462. The minimum absolute atomic E-state index is 0.00239. The third-order valence-electron chi connectivity index (χ3n) is 4.47. The minimum atomic E-state index is -3.06. The molecule has 1 amide bonds. The topological polar surface area (TPSA) is 67.3 Å². The molecule has 2 aromatic rings. The van der Waals surface area contributed by atoms with Crippen molar-refractivity contribution >= 4 is 15.7 Å². The van der Waals surface area contributed by atoms with Crippen LogP contribution in [0.1, 0.15) is 27.9 Å². The van der Waals surface area contributed by atoms with E-state index in [-0.39, 0.29) is 29.3 Å². The summed E-state index contributed by atoms with van der Waals surface area (Å²) in [7, 11) is -1.45. The van der Waals surface area contributed by atoms with E-state index in [0.29, 0.717) is 24.0 Å². The molecule has 1 aliphatic heterocycles. The number of rotatable bonds is 4. The fraction of sp³-hybridized carbons (Fsp3) is 0.333. The molecule has 1 fully saturated rings. The highest BCUT2D eigenvalue weighted by molar-refractivity contribution is 7.91. The predicted octanol–water partition coefficient (Wildman–Crippen LogP) is 2.07. The molecule has 2 heterocycles. The quantitative estimate of drug-likeness (QED) is 0.835. The number of halogens is 1. The zero-order valence-corrected chi connectivity index (χ0v) is 14.7. The lowest BCUT2D eigenvalue weighted by atomic mass is 10.0. The molecule has 132 valence electrons. The highest BCUT2D eigenvalue weighted by Gasteiger charge is 2.33. The highest BCUT2D eigenvalue weighted by atomic mass is 32.2. The van der Waals surface area contributed by atoms with Crippen molar-refractivity contribution in [2.45, 2.75) is 18.9 Å². The number of amides is 1. The van der Waals surface area contributed by atoms with Gasteiger partial charge in [0, 0.05) is 31.9 Å². The summed E-state index contributed by atoms with van der Waals surface area (Å²) in [4.78, 5) is 18.2. The van der Waals surface area contributed by atoms with Crippen molar-refractivity contribution in [1.29, 1.82) is 0 Å². The molecular weight excluding hydrogens is 343 g/mol. The second kappa shape index (κ2) is 6.92. The van der Waals surface area contributed by atoms with Crippen molar-refractivity contribution in [2.75, 3.05) is 18.6 Å². The molecule has 0 bridgehead atoms. The summed E-state index contributed by atoms with van der Waals surface area (Å²) in [5, 5.41) is 0. The lowest BCUT2D eigenvalue weighted by Gasteiger charge is -2.23. The van der Waals surface area contributed by atoms with Gasteiger partial charge in [0.25, 0.3) is 5.91 Å². The molecule has 0 aliphatic carbocycles. The molecule has 0 spiro atoms. The number of hydrogen-bond acceptors (Lipinski definition) is 4. The Balaban J connectivity index is 1.77. The van der Waals surface area contributed by atoms with E-state index in [1.54, 1.807) is 37.5 Å². The van der Waals surface area contributed by atoms with Crippen molar-refractivity contribution in [3.8, 4) is 0 Å². The number of aromatic nitrogens is 1. The van der Waals surface area contributed by atoms with Crippen LogP contribution in [0.4, 0.5) is 4.39 Å². The minimum Gasteiger partial charge on any atom is -0.338 e. The second-order valence-corrected chi connectivity index (χ2v) is 8.55. The number of nitrogens with zero attached hydrogens (tertiary/aromatic N) is 2. The van der Waals surface area contributed by atoms with Crippen LogP contribution >= 0.6 is 0 Å². The van der Waals surface area contributed by atoms with Gasteiger partial charge in [-0.15, -0.1) is 0 Å². The molecule has 1 unspecified atom stereocenters. The van der Waals surface area contributed by atoms with E-state index < -0.39 is 9.84 Å². The maximum Gasteiger partial charge on any atom is 0.255 e. The van der Waals surface area contributed by atoms with Crippen molar-refractivity contribution in [3.63, 3.8) is 0 Å². The van der Waals surface area contributed by atoms with E-state index in [2.05, 4.69) is 4.98 Å². The highest BCUT2D eigenvalue weighted by Crippen LogP contribution is 2.19. The van der Waals surface area contributed by atoms with Gasteiger partial charge >= 0.3 is 0 Å². The normalized spacial score (nSPS) is 18.9. The number of carbonyl (C=O) groups is 1. The summed E-state index contributed by atoms with van der Waals surface area (Å²) < 4.78 is 37.0. The molecule has 7 heteroatoms. The van der Waals surface area contributed by atoms with Gasteiger partial charge in [-0.1, -0.05) is 18.2 Å². The first-order chi connectivity index (χ1) is 11.9. The first-order valence-electron chi connectivity index (χ1n) is 8.00. The third kappa shape index (κ3) is 4.04. The Kier molecular flexibility index (Phi) is 4.85. The van der Waals surface area contributed by atoms with Crippen LogP contribution in [-0.2, 0) is 16.3 Å². The van der Waals surface area contributed by atoms with Crippen molar-refractivity contribution in [1.82, 2.24) is 9.88 Å². The van der Waals surface area contributed by atoms with Gasteiger partial charge in [-0.25, -0.2) is 12.8 Å². The van der Waals surface area contributed by atoms with Gasteiger partial charge in [-0.05, 0) is 29.7 Å². The lowest BCUT2D eigenvalue weighted by Crippen LogP contribution is -2.37. The van der Waals surface area contributed by atoms with E-state index in [1.165, 1.54) is 17.2 Å². The van der Waals surface area contributed by atoms with Crippen molar-refractivity contribution in [3.05, 3.63) is 65.2 Å². The average molecular weight is 362 g/mol. The summed E-state index contributed by atoms with van der Waals surface area (Å²) in [6.07, 6.45) is 3.84. The molecule has 5 nitrogen and oxygen atoms in total. The lowest BCUT2D eigenvalue weighted by molar-refractivity contribution is 0.0747. The molecular formula is C18H19FN2O3S. The summed E-state index contributed by atoms with van der Waals surface area (Å²) in [6, 6.07) is 7.84. The number of benzene rings is 1. The van der Waals surface area contributed by atoms with E-state index in [0.717, 1.165) is 5.56 Å². The SMILES string of the molecule is CN(C(=O)c1cncc(Cc2ccccc2F)c1)C1CCS(=O)(=O)C1. The molecule has 25 heavy (non-hydrogen) atoms. The summed E-state index contributed by atoms with van der Waals surface area (Å²) in [5.41, 5.74) is 1.63. The Morgan fingerprint density at radius 3 is 2.76 bits per heavy atom. The maximum absolute atomic E-state index is 13.8. The Bertz CT molecular complexity index is 899. The standard InChI is InChI=1S/C18H19FN2O3S/c1-21(16-6-7-25(23,24)12-16)18(22)15-9-13(10-20-11-15)8-14-4-2-3-5-17(14)19/h2-5,9-11,16H,6-8,12H2,1H3. The van der Waals surface area contributed by atoms with Gasteiger partial charge in [-0.2, -0.15) is 0 Å². The Morgan fingerprint density at radius 1 is 1.32 bits per heavy atom. The van der Waals surface area contributed by atoms with Crippen LogP contribution in [-0.4, -0.2) is 48.8 Å². The molecule has 1 aliphatic rings. The smallest absolute Gasteiger partial charge is 0.255 e. The van der Waals surface area contributed by atoms with Gasteiger partial charge in [0.15, 0.2) is 9.84 Å². The number of hydrogen-bond donors (Lipinski definition) is 0. The Labute approximate surface area is 146 Å². The number of carbonyl (C=O) groups excluding carboxylic acids is 1. The third-order valence-corrected chi connectivity index (χ3v) is 6.22. The van der Waals surface area contributed by atoms with Crippen LogP contribution in [0.5, 0.6) is 0 Å². The largest absolute Gasteiger partial charge is 0.338 e. The zero-order valence-electron chi connectivity index (χ0n) is 13.9. The molecule has 0 radical (unpaired) electrons. The maximum atomic E-state index is 13.8. The van der Waals surface area contributed by atoms with E-state index in [1.807, 2.05) is 0 Å². The van der Waals surface area contributed by atoms with Crippen molar-refractivity contribution < 1.29 is 17.6 Å². The first-order valence-corrected chi connectivity index (χ1v) is 9.83. The molecule has 1 aromatic carbocycles. The van der Waals surface area contributed by atoms with Gasteiger partial charge in [0.1, 0.15) is 5.82 Å². The fourth-order valence-corrected chi connectivity index (χ4v) is 4.79. The molecule has 3 rings (SSSR count). The predicted molar refractivity (Wildman–Crippen MR) is 92.6 cm³/mol. The van der Waals surface area contributed by atoms with E-state index in [4.69, 9.17) is 0 Å². The summed E-state index contributed by atoms with van der Waals surface area (Å²) in [6.45, 7) is 0. The first kappa shape index (κ1) is 17.5. The van der Waals surface area contributed by atoms with Crippen molar-refractivity contribution in [2.24, 2.45) is 0 Å². The molecule has 0 N–H and O–H groups in total. The van der Waals surface area contributed by atoms with Crippen LogP contribution < -0.4 is 0 Å². The van der Waals surface area contributed by atoms with E-state index in [9.17, 15) is 17.6 Å². The zero-order chi connectivity index (χ0) is 18.0. The monoisotopic (exact) mass is 362 g/mol. The second-order valence-electron chi connectivity index (χ2n) is 6.32. The van der Waals surface area contributed by atoms with Crippen LogP contribution in [0, 0.1) is 5.82 Å². The number of pyridine rings is 1. The fourth-order valence-electron chi connectivity index (χ4n) is 3.01. The number of sulfone groups is 1. The molecule has 1 aromatic heterocycles. The van der Waals surface area contributed by atoms with Crippen LogP contribution in [0.2, 0.25) is 0 Å². The van der Waals surface area contributed by atoms with E-state index >= 15 is 0 Å². The van der Waals surface area contributed by atoms with Gasteiger partial charge in [0.05, 0.1) is 17.1 Å². The molecule has 0 saturated carbocycles. The Hall–Kier alpha value is -2.28. The average Bonchev–Trinajstić information content (AvgIpc) is 2.96. The van der Waals surface area contributed by atoms with Gasteiger partial charge in [0.2, 0.25) is 0 Å². The van der Waals surface area contributed by atoms with Crippen LogP contribution in [0.25, 0.3) is 0 Å². The van der Waals surface area contributed by atoms with Crippen LogP contribution in [0.15, 0.2) is 42.7 Å². The van der Waals surface area contributed by atoms with Gasteiger partial charge < -0.3 is 4.90 Å².